The van der Waals surface area contributed by atoms with E-state index in [2.05, 4.69) is 13.5 Å². The highest BCUT2D eigenvalue weighted by Crippen LogP contribution is 2.48. The molecule has 45 heavy (non-hydrogen) atoms. The van der Waals surface area contributed by atoms with Gasteiger partial charge in [0, 0.05) is 6.07 Å². The van der Waals surface area contributed by atoms with Crippen LogP contribution < -0.4 is 9.47 Å². The van der Waals surface area contributed by atoms with Crippen molar-refractivity contribution in [1.82, 2.24) is 0 Å². The van der Waals surface area contributed by atoms with E-state index in [1.54, 1.807) is 12.1 Å². The zero-order valence-electron chi connectivity index (χ0n) is 27.5. The lowest BCUT2D eigenvalue weighted by Crippen LogP contribution is -2.29. The van der Waals surface area contributed by atoms with Crippen LogP contribution in [0.15, 0.2) is 30.4 Å². The third-order valence-electron chi connectivity index (χ3n) is 11.2. The number of ether oxygens (including phenoxy) is 2. The summed E-state index contributed by atoms with van der Waals surface area (Å²) >= 11 is 0. The van der Waals surface area contributed by atoms with Crippen LogP contribution in [0.2, 0.25) is 0 Å². The van der Waals surface area contributed by atoms with Gasteiger partial charge in [-0.3, -0.25) is 4.79 Å². The number of esters is 2. The lowest BCUT2D eigenvalue weighted by atomic mass is 9.64. The smallest absolute Gasteiger partial charge is 0.382 e. The zero-order valence-corrected chi connectivity index (χ0v) is 27.5. The highest BCUT2D eigenvalue weighted by atomic mass is 16.5. The van der Waals surface area contributed by atoms with Crippen LogP contribution in [0.3, 0.4) is 0 Å². The minimum atomic E-state index is -1.17. The number of hydrogen-bond donors (Lipinski definition) is 2. The average Bonchev–Trinajstić information content (AvgIpc) is 3.07. The third-order valence-corrected chi connectivity index (χ3v) is 11.2. The Morgan fingerprint density at radius 1 is 0.667 bits per heavy atom. The molecule has 0 amide bonds. The summed E-state index contributed by atoms with van der Waals surface area (Å²) < 4.78 is 10.6. The number of carbonyl (C=O) groups is 3. The van der Waals surface area contributed by atoms with E-state index in [1.165, 1.54) is 96.0 Å². The van der Waals surface area contributed by atoms with E-state index in [9.17, 15) is 19.5 Å². The molecule has 7 heteroatoms. The van der Waals surface area contributed by atoms with E-state index in [0.29, 0.717) is 0 Å². The fourth-order valence-corrected chi connectivity index (χ4v) is 8.42. The number of aliphatic hydroxyl groups excluding tert-OH is 2. The molecule has 0 aromatic heterocycles. The van der Waals surface area contributed by atoms with Gasteiger partial charge in [-0.25, -0.2) is 9.59 Å². The molecule has 0 heterocycles. The molecule has 0 saturated heterocycles. The molecule has 1 aromatic rings. The Balaban J connectivity index is 1.26. The molecule has 0 unspecified atom stereocenters. The van der Waals surface area contributed by atoms with E-state index >= 15 is 0 Å². The summed E-state index contributed by atoms with van der Waals surface area (Å²) in [6.45, 7) is 4.32. The molecule has 250 valence electrons. The van der Waals surface area contributed by atoms with Gasteiger partial charge in [0.25, 0.3) is 5.78 Å². The first kappa shape index (κ1) is 35.3. The minimum absolute atomic E-state index is 0.0816. The molecule has 1 aromatic carbocycles. The monoisotopic (exact) mass is 624 g/mol. The number of rotatable bonds is 15. The maximum absolute atomic E-state index is 12.3. The molecule has 0 spiro atoms. The van der Waals surface area contributed by atoms with Crippen molar-refractivity contribution in [3.8, 4) is 11.5 Å². The highest BCUT2D eigenvalue weighted by Gasteiger charge is 2.35. The Labute approximate surface area is 270 Å². The number of benzene rings is 1. The number of Topliss-reactive ketones (excluding diaryl/α,β-unsaturated/α-hetero) is 1. The fraction of sp³-hybridized carbons (Fsp3) is 0.711. The van der Waals surface area contributed by atoms with Gasteiger partial charge in [0.05, 0.1) is 12.2 Å². The van der Waals surface area contributed by atoms with Crippen molar-refractivity contribution in [3.63, 3.8) is 0 Å². The van der Waals surface area contributed by atoms with Crippen LogP contribution >= 0.6 is 0 Å². The molecular formula is C38H56O7. The molecule has 0 aliphatic heterocycles. The summed E-state index contributed by atoms with van der Waals surface area (Å²) in [6.07, 6.45) is 24.0. The number of hydrogen-bond acceptors (Lipinski definition) is 7. The first-order valence-electron chi connectivity index (χ1n) is 17.8. The van der Waals surface area contributed by atoms with E-state index in [1.807, 2.05) is 0 Å². The largest absolute Gasteiger partial charge is 0.423 e. The molecule has 3 fully saturated rings. The second-order valence-corrected chi connectivity index (χ2v) is 14.1. The Hall–Kier alpha value is -2.51. The summed E-state index contributed by atoms with van der Waals surface area (Å²) in [4.78, 5) is 35.9. The first-order valence-corrected chi connectivity index (χ1v) is 17.8. The predicted octanol–water partition coefficient (Wildman–Crippen LogP) is 7.85. The molecule has 4 rings (SSSR count). The van der Waals surface area contributed by atoms with Gasteiger partial charge in [-0.2, -0.15) is 0 Å². The van der Waals surface area contributed by atoms with Crippen LogP contribution in [0.25, 0.3) is 0 Å². The normalized spacial score (nSPS) is 27.0. The van der Waals surface area contributed by atoms with Crippen LogP contribution in [-0.4, -0.2) is 41.1 Å². The molecule has 3 aliphatic carbocycles. The topological polar surface area (TPSA) is 110 Å². The van der Waals surface area contributed by atoms with Crippen molar-refractivity contribution in [3.05, 3.63) is 35.9 Å². The molecule has 2 N–H and O–H groups in total. The third kappa shape index (κ3) is 10.5. The Morgan fingerprint density at radius 3 is 1.67 bits per heavy atom. The predicted molar refractivity (Wildman–Crippen MR) is 175 cm³/mol. The summed E-state index contributed by atoms with van der Waals surface area (Å²) in [5.74, 6) is 1.85. The number of ketones is 1. The quantitative estimate of drug-likeness (QED) is 0.0672. The lowest BCUT2D eigenvalue weighted by Gasteiger charge is -2.41. The molecule has 0 bridgehead atoms. The van der Waals surface area contributed by atoms with Gasteiger partial charge >= 0.3 is 11.9 Å². The van der Waals surface area contributed by atoms with Crippen molar-refractivity contribution in [1.29, 1.82) is 0 Å². The standard InChI is InChI=1S/C38H56O7/c1-3-4-5-6-7-8-27-9-11-28(12-10-27)29-13-15-30(16-14-29)31-17-19-32(20-18-31)33-21-34(44-37(42)26(2)24-39)23-35(22-33)45-38(43)36(41)25-40/h21-23,27-32,39-40H,2-20,24-25H2,1H3. The van der Waals surface area contributed by atoms with Crippen molar-refractivity contribution < 1.29 is 34.1 Å². The first-order chi connectivity index (χ1) is 21.8. The van der Waals surface area contributed by atoms with Crippen LogP contribution in [0.1, 0.15) is 134 Å². The summed E-state index contributed by atoms with van der Waals surface area (Å²) in [5.41, 5.74) is 0.790. The van der Waals surface area contributed by atoms with Gasteiger partial charge < -0.3 is 19.7 Å². The Bertz CT molecular complexity index is 1070. The molecule has 3 saturated carbocycles. The second-order valence-electron chi connectivity index (χ2n) is 14.1. The average molecular weight is 625 g/mol. The van der Waals surface area contributed by atoms with Gasteiger partial charge in [-0.1, -0.05) is 64.9 Å². The van der Waals surface area contributed by atoms with Crippen LogP contribution in [0.5, 0.6) is 11.5 Å². The number of carbonyl (C=O) groups excluding carboxylic acids is 3. The van der Waals surface area contributed by atoms with Crippen molar-refractivity contribution in [2.45, 2.75) is 128 Å². The second kappa shape index (κ2) is 18.0. The molecule has 7 nitrogen and oxygen atoms in total. The number of aliphatic hydroxyl groups is 2. The number of unbranched alkanes of at least 4 members (excludes halogenated alkanes) is 4. The van der Waals surface area contributed by atoms with E-state index < -0.39 is 30.9 Å². The minimum Gasteiger partial charge on any atom is -0.423 e. The maximum atomic E-state index is 12.3. The molecule has 3 aliphatic rings. The summed E-state index contributed by atoms with van der Waals surface area (Å²) in [5, 5.41) is 18.3. The van der Waals surface area contributed by atoms with Crippen molar-refractivity contribution >= 4 is 17.7 Å². The summed E-state index contributed by atoms with van der Waals surface area (Å²) in [6, 6.07) is 4.85. The molecular weight excluding hydrogens is 568 g/mol. The zero-order chi connectivity index (χ0) is 32.2. The van der Waals surface area contributed by atoms with E-state index in [0.717, 1.165) is 60.8 Å². The highest BCUT2D eigenvalue weighted by molar-refractivity contribution is 6.34. The van der Waals surface area contributed by atoms with E-state index in [-0.39, 0.29) is 23.0 Å². The SMILES string of the molecule is C=C(CO)C(=O)Oc1cc(OC(=O)C(=O)CO)cc(C2CCC(C3CCC(C4CCC(CCCCCCC)CC4)CC3)CC2)c1. The fourth-order valence-electron chi connectivity index (χ4n) is 8.42. The maximum Gasteiger partial charge on any atom is 0.382 e. The van der Waals surface area contributed by atoms with Crippen LogP contribution in [0, 0.1) is 29.6 Å². The lowest BCUT2D eigenvalue weighted by molar-refractivity contribution is -0.148. The molecule has 0 atom stereocenters. The van der Waals surface area contributed by atoms with Crippen LogP contribution in [0.4, 0.5) is 0 Å². The van der Waals surface area contributed by atoms with Gasteiger partial charge in [0.15, 0.2) is 0 Å². The molecule has 0 radical (unpaired) electrons. The van der Waals surface area contributed by atoms with Gasteiger partial charge in [-0.15, -0.1) is 0 Å². The summed E-state index contributed by atoms with van der Waals surface area (Å²) in [7, 11) is 0. The Kier molecular flexibility index (Phi) is 14.1. The van der Waals surface area contributed by atoms with Crippen molar-refractivity contribution in [2.75, 3.05) is 13.2 Å². The van der Waals surface area contributed by atoms with Crippen LogP contribution in [-0.2, 0) is 14.4 Å². The van der Waals surface area contributed by atoms with Crippen molar-refractivity contribution in [2.24, 2.45) is 29.6 Å². The van der Waals surface area contributed by atoms with Gasteiger partial charge in [0.1, 0.15) is 18.1 Å². The Morgan fingerprint density at radius 2 is 1.16 bits per heavy atom. The van der Waals surface area contributed by atoms with E-state index in [4.69, 9.17) is 14.6 Å². The van der Waals surface area contributed by atoms with Gasteiger partial charge in [-0.05, 0) is 117 Å². The van der Waals surface area contributed by atoms with Gasteiger partial charge in [0.2, 0.25) is 0 Å².